The summed E-state index contributed by atoms with van der Waals surface area (Å²) >= 11 is 0. The molecule has 0 fully saturated rings. The fourth-order valence-electron chi connectivity index (χ4n) is 2.20. The molecule has 1 aromatic carbocycles. The van der Waals surface area contributed by atoms with Crippen molar-refractivity contribution in [3.05, 3.63) is 23.3 Å². The summed E-state index contributed by atoms with van der Waals surface area (Å²) in [6.07, 6.45) is 0. The van der Waals surface area contributed by atoms with Crippen molar-refractivity contribution in [3.8, 4) is 0 Å². The minimum Gasteiger partial charge on any atom is -0.391 e. The van der Waals surface area contributed by atoms with Gasteiger partial charge in [-0.3, -0.25) is 4.79 Å². The Hall–Kier alpha value is -0.890. The number of fused-ring (bicyclic) bond motifs is 1. The van der Waals surface area contributed by atoms with Gasteiger partial charge >= 0.3 is 0 Å². The van der Waals surface area contributed by atoms with Gasteiger partial charge in [0.05, 0.1) is 18.1 Å². The lowest BCUT2D eigenvalue weighted by Crippen LogP contribution is -2.25. The second kappa shape index (κ2) is 5.85. The normalized spacial score (nSPS) is 15.2. The van der Waals surface area contributed by atoms with Gasteiger partial charge in [0.25, 0.3) is 0 Å². The van der Waals surface area contributed by atoms with Crippen LogP contribution in [0.25, 0.3) is 0 Å². The minimum atomic E-state index is -3.36. The van der Waals surface area contributed by atoms with Gasteiger partial charge in [-0.1, -0.05) is 6.07 Å². The number of benzene rings is 1. The van der Waals surface area contributed by atoms with Gasteiger partial charge in [-0.25, -0.2) is 8.42 Å². The van der Waals surface area contributed by atoms with Crippen molar-refractivity contribution in [2.24, 2.45) is 0 Å². The topological polar surface area (TPSA) is 91.7 Å². The van der Waals surface area contributed by atoms with E-state index in [2.05, 4.69) is 0 Å². The first-order chi connectivity index (χ1) is 9.43. The predicted octanol–water partition coefficient (Wildman–Crippen LogP) is -0.0732. The number of Topliss-reactive ketones (excluding diaryl/α,β-unsaturated/α-hetero) is 1. The highest BCUT2D eigenvalue weighted by Gasteiger charge is 2.45. The maximum absolute atomic E-state index is 12.2. The molecular weight excluding hydrogens is 300 g/mol. The second-order valence-electron chi connectivity index (χ2n) is 4.63. The average Bonchev–Trinajstić information content (AvgIpc) is 2.95. The third-order valence-corrected chi connectivity index (χ3v) is 7.21. The Balaban J connectivity index is 2.20. The molecule has 7 heteroatoms. The van der Waals surface area contributed by atoms with Crippen molar-refractivity contribution in [2.75, 3.05) is 30.5 Å². The number of rotatable bonds is 7. The van der Waals surface area contributed by atoms with Crippen LogP contribution in [0.4, 0.5) is 0 Å². The number of hydrogen-bond acceptors (Lipinski definition) is 5. The smallest absolute Gasteiger partial charge is 0.213 e. The fraction of sp³-hybridized carbons (Fsp3) is 0.462. The first kappa shape index (κ1) is 15.5. The van der Waals surface area contributed by atoms with Gasteiger partial charge < -0.3 is 10.2 Å². The molecule has 0 atom stereocenters. The van der Waals surface area contributed by atoms with E-state index in [1.807, 2.05) is 0 Å². The highest BCUT2D eigenvalue weighted by Crippen LogP contribution is 2.45. The van der Waals surface area contributed by atoms with E-state index in [9.17, 15) is 13.2 Å². The van der Waals surface area contributed by atoms with E-state index < -0.39 is 20.7 Å². The van der Waals surface area contributed by atoms with E-state index in [1.54, 1.807) is 19.1 Å². The van der Waals surface area contributed by atoms with Gasteiger partial charge in [0.2, 0.25) is 15.6 Å². The van der Waals surface area contributed by atoms with Crippen molar-refractivity contribution >= 4 is 26.5 Å². The van der Waals surface area contributed by atoms with Crippen molar-refractivity contribution < 1.29 is 23.4 Å². The van der Waals surface area contributed by atoms with Gasteiger partial charge in [-0.15, -0.1) is 0 Å². The number of sulfone groups is 1. The van der Waals surface area contributed by atoms with Gasteiger partial charge in [0, 0.05) is 16.5 Å². The number of ketones is 1. The molecule has 1 aromatic rings. The predicted molar refractivity (Wildman–Crippen MR) is 77.1 cm³/mol. The minimum absolute atomic E-state index is 0.0410. The molecule has 1 aliphatic rings. The largest absolute Gasteiger partial charge is 0.391 e. The zero-order valence-electron chi connectivity index (χ0n) is 11.1. The Morgan fingerprint density at radius 3 is 2.30 bits per heavy atom. The summed E-state index contributed by atoms with van der Waals surface area (Å²) in [6.45, 7) is 1.63. The lowest BCUT2D eigenvalue weighted by molar-refractivity contribution is 0.101. The van der Waals surface area contributed by atoms with E-state index in [0.29, 0.717) is 17.1 Å². The van der Waals surface area contributed by atoms with Crippen LogP contribution in [0.2, 0.25) is 0 Å². The number of carbonyl (C=O) groups excluding carboxylic acids is 1. The van der Waals surface area contributed by atoms with E-state index in [4.69, 9.17) is 10.2 Å². The average molecular weight is 317 g/mol. The molecule has 2 N–H and O–H groups in total. The van der Waals surface area contributed by atoms with Crippen LogP contribution in [0.3, 0.4) is 0 Å². The first-order valence-electron chi connectivity index (χ1n) is 6.21. The summed E-state index contributed by atoms with van der Waals surface area (Å²) in [5.41, 5.74) is 0.917. The van der Waals surface area contributed by atoms with Crippen LogP contribution in [0, 0.1) is 6.92 Å². The molecule has 0 amide bonds. The van der Waals surface area contributed by atoms with Crippen LogP contribution < -0.4 is 0 Å². The third kappa shape index (κ3) is 2.76. The number of aliphatic hydroxyl groups is 2. The standard InChI is InChI=1S/C13H17O5S2/c1-9-2-3-10(13-12(9)20(13,17)18)11(16)8-19(6-4-14)7-5-15/h2-3,14-15H,4-8H2,1H3/q+1. The molecular formula is C13H17O5S2+. The highest BCUT2D eigenvalue weighted by atomic mass is 32.2. The maximum Gasteiger partial charge on any atom is 0.213 e. The van der Waals surface area contributed by atoms with Gasteiger partial charge in [-0.05, 0) is 18.6 Å². The summed E-state index contributed by atoms with van der Waals surface area (Å²) in [4.78, 5) is 12.7. The van der Waals surface area contributed by atoms with Crippen molar-refractivity contribution in [3.63, 3.8) is 0 Å². The Kier molecular flexibility index (Phi) is 4.53. The lowest BCUT2D eigenvalue weighted by atomic mass is 10.1. The van der Waals surface area contributed by atoms with E-state index in [1.165, 1.54) is 0 Å². The van der Waals surface area contributed by atoms with Gasteiger partial charge in [0.1, 0.15) is 16.4 Å². The second-order valence-corrected chi connectivity index (χ2v) is 8.78. The van der Waals surface area contributed by atoms with E-state index in [0.717, 1.165) is 0 Å². The lowest BCUT2D eigenvalue weighted by Gasteiger charge is -2.05. The Labute approximate surface area is 120 Å². The molecule has 110 valence electrons. The van der Waals surface area contributed by atoms with Crippen LogP contribution in [-0.4, -0.2) is 54.9 Å². The molecule has 2 rings (SSSR count). The van der Waals surface area contributed by atoms with Crippen LogP contribution >= 0.6 is 0 Å². The zero-order valence-corrected chi connectivity index (χ0v) is 12.8. The molecule has 5 nitrogen and oxygen atoms in total. The van der Waals surface area contributed by atoms with Crippen LogP contribution in [-0.2, 0) is 20.7 Å². The quantitative estimate of drug-likeness (QED) is 0.424. The molecule has 0 radical (unpaired) electrons. The molecule has 20 heavy (non-hydrogen) atoms. The molecule has 0 unspecified atom stereocenters. The summed E-state index contributed by atoms with van der Waals surface area (Å²) in [7, 11) is -3.77. The molecule has 0 saturated heterocycles. The molecule has 0 saturated carbocycles. The molecule has 1 heterocycles. The number of aryl methyl sites for hydroxylation is 1. The highest BCUT2D eigenvalue weighted by molar-refractivity contribution is 7.98. The number of carbonyl (C=O) groups is 1. The van der Waals surface area contributed by atoms with Crippen LogP contribution in [0.5, 0.6) is 0 Å². The summed E-state index contributed by atoms with van der Waals surface area (Å²) in [5, 5.41) is 17.9. The fourth-order valence-corrected chi connectivity index (χ4v) is 5.56. The van der Waals surface area contributed by atoms with Gasteiger partial charge in [0.15, 0.2) is 5.75 Å². The molecule has 0 spiro atoms. The van der Waals surface area contributed by atoms with Gasteiger partial charge in [-0.2, -0.15) is 0 Å². The Bertz CT molecular complexity index is 630. The van der Waals surface area contributed by atoms with E-state index in [-0.39, 0.29) is 40.1 Å². The molecule has 0 aliphatic carbocycles. The molecule has 0 bridgehead atoms. The Morgan fingerprint density at radius 1 is 1.15 bits per heavy atom. The Morgan fingerprint density at radius 2 is 1.75 bits per heavy atom. The summed E-state index contributed by atoms with van der Waals surface area (Å²) in [6, 6.07) is 3.20. The van der Waals surface area contributed by atoms with Crippen molar-refractivity contribution in [1.82, 2.24) is 0 Å². The first-order valence-corrected chi connectivity index (χ1v) is 9.42. The molecule has 0 aromatic heterocycles. The number of aliphatic hydroxyl groups excluding tert-OH is 2. The van der Waals surface area contributed by atoms with Crippen LogP contribution in [0.1, 0.15) is 15.9 Å². The van der Waals surface area contributed by atoms with Crippen molar-refractivity contribution in [2.45, 2.75) is 16.7 Å². The number of hydrogen-bond donors (Lipinski definition) is 2. The SMILES string of the molecule is Cc1ccc(C(=O)C[S+](CCO)CCO)c2c1S2(=O)=O. The maximum atomic E-state index is 12.2. The summed E-state index contributed by atoms with van der Waals surface area (Å²) in [5.74, 6) is 0.847. The van der Waals surface area contributed by atoms with Crippen molar-refractivity contribution in [1.29, 1.82) is 0 Å². The third-order valence-electron chi connectivity index (χ3n) is 3.20. The van der Waals surface area contributed by atoms with E-state index >= 15 is 0 Å². The van der Waals surface area contributed by atoms with Crippen LogP contribution in [0.15, 0.2) is 21.9 Å². The zero-order chi connectivity index (χ0) is 14.9. The monoisotopic (exact) mass is 317 g/mol. The summed E-state index contributed by atoms with van der Waals surface area (Å²) < 4.78 is 23.6. The molecule has 1 aliphatic heterocycles.